The van der Waals surface area contributed by atoms with Crippen molar-refractivity contribution in [2.75, 3.05) is 17.7 Å². The van der Waals surface area contributed by atoms with E-state index in [1.807, 2.05) is 25.1 Å². The maximum absolute atomic E-state index is 12.0. The number of nitrogens with one attached hydrogen (secondary N) is 1. The van der Waals surface area contributed by atoms with E-state index in [1.165, 1.54) is 0 Å². The van der Waals surface area contributed by atoms with Crippen molar-refractivity contribution in [3.05, 3.63) is 52.0 Å². The Morgan fingerprint density at radius 2 is 2.10 bits per heavy atom. The summed E-state index contributed by atoms with van der Waals surface area (Å²) in [6.07, 6.45) is 0. The molecule has 5 heteroatoms. The van der Waals surface area contributed by atoms with E-state index in [4.69, 9.17) is 10.5 Å². The van der Waals surface area contributed by atoms with Gasteiger partial charge >= 0.3 is 5.97 Å². The molecule has 110 valence electrons. The third kappa shape index (κ3) is 3.55. The molecule has 0 heterocycles. The summed E-state index contributed by atoms with van der Waals surface area (Å²) in [4.78, 5) is 12.0. The fraction of sp³-hybridized carbons (Fsp3) is 0.188. The van der Waals surface area contributed by atoms with E-state index < -0.39 is 0 Å². The molecule has 0 atom stereocenters. The van der Waals surface area contributed by atoms with Gasteiger partial charge < -0.3 is 15.8 Å². The number of hydrogen-bond donors (Lipinski definition) is 2. The molecule has 3 N–H and O–H groups in total. The first-order valence-electron chi connectivity index (χ1n) is 6.61. The lowest BCUT2D eigenvalue weighted by molar-refractivity contribution is 0.0527. The zero-order valence-corrected chi connectivity index (χ0v) is 13.5. The van der Waals surface area contributed by atoms with Crippen LogP contribution < -0.4 is 11.1 Å². The first kappa shape index (κ1) is 15.4. The first-order valence-corrected chi connectivity index (χ1v) is 7.41. The van der Waals surface area contributed by atoms with Crippen LogP contribution in [0.4, 0.5) is 17.1 Å². The number of carbonyl (C=O) groups is 1. The van der Waals surface area contributed by atoms with Gasteiger partial charge in [-0.3, -0.25) is 0 Å². The van der Waals surface area contributed by atoms with Gasteiger partial charge in [0, 0.05) is 10.2 Å². The molecule has 0 aliphatic carbocycles. The van der Waals surface area contributed by atoms with Crippen molar-refractivity contribution in [2.24, 2.45) is 0 Å². The summed E-state index contributed by atoms with van der Waals surface area (Å²) in [5, 5.41) is 3.20. The Labute approximate surface area is 132 Å². The Kier molecular flexibility index (Phi) is 4.85. The van der Waals surface area contributed by atoms with Crippen LogP contribution in [0, 0.1) is 6.92 Å². The smallest absolute Gasteiger partial charge is 0.340 e. The quantitative estimate of drug-likeness (QED) is 0.639. The SMILES string of the molecule is CCOC(=O)c1cccc(N)c1Nc1ccc(Br)c(C)c1. The number of nitrogen functional groups attached to an aromatic ring is 1. The van der Waals surface area contributed by atoms with E-state index in [0.717, 1.165) is 15.7 Å². The molecule has 0 radical (unpaired) electrons. The third-order valence-corrected chi connectivity index (χ3v) is 3.91. The number of ether oxygens (including phenoxy) is 1. The van der Waals surface area contributed by atoms with Crippen molar-refractivity contribution in [2.45, 2.75) is 13.8 Å². The average molecular weight is 349 g/mol. The predicted octanol–water partition coefficient (Wildman–Crippen LogP) is 4.26. The lowest BCUT2D eigenvalue weighted by Gasteiger charge is -2.14. The number of nitrogens with two attached hydrogens (primary N) is 1. The van der Waals surface area contributed by atoms with Crippen LogP contribution in [0.3, 0.4) is 0 Å². The molecule has 0 aliphatic heterocycles. The molecular formula is C16H17BrN2O2. The predicted molar refractivity (Wildman–Crippen MR) is 89.0 cm³/mol. The van der Waals surface area contributed by atoms with Gasteiger partial charge in [0.05, 0.1) is 23.5 Å². The van der Waals surface area contributed by atoms with Crippen molar-refractivity contribution in [1.29, 1.82) is 0 Å². The molecule has 0 spiro atoms. The van der Waals surface area contributed by atoms with E-state index >= 15 is 0 Å². The van der Waals surface area contributed by atoms with Gasteiger partial charge in [-0.05, 0) is 49.7 Å². The molecule has 2 aromatic carbocycles. The minimum Gasteiger partial charge on any atom is -0.462 e. The van der Waals surface area contributed by atoms with Crippen LogP contribution in [0.15, 0.2) is 40.9 Å². The zero-order valence-electron chi connectivity index (χ0n) is 11.9. The highest BCUT2D eigenvalue weighted by molar-refractivity contribution is 9.10. The standard InChI is InChI=1S/C16H17BrN2O2/c1-3-21-16(20)12-5-4-6-14(18)15(12)19-11-7-8-13(17)10(2)9-11/h4-9,19H,3,18H2,1-2H3. The summed E-state index contributed by atoms with van der Waals surface area (Å²) in [5.74, 6) is -0.388. The van der Waals surface area contributed by atoms with Crippen molar-refractivity contribution in [3.8, 4) is 0 Å². The molecule has 2 rings (SSSR count). The van der Waals surface area contributed by atoms with E-state index in [-0.39, 0.29) is 5.97 Å². The van der Waals surface area contributed by atoms with Crippen LogP contribution in [0.2, 0.25) is 0 Å². The molecule has 0 saturated heterocycles. The molecule has 0 unspecified atom stereocenters. The van der Waals surface area contributed by atoms with Crippen molar-refractivity contribution in [3.63, 3.8) is 0 Å². The van der Waals surface area contributed by atoms with Crippen LogP contribution in [-0.4, -0.2) is 12.6 Å². The van der Waals surface area contributed by atoms with E-state index in [1.54, 1.807) is 25.1 Å². The lowest BCUT2D eigenvalue weighted by atomic mass is 10.1. The third-order valence-electron chi connectivity index (χ3n) is 3.02. The normalized spacial score (nSPS) is 10.2. The number of hydrogen-bond acceptors (Lipinski definition) is 4. The average Bonchev–Trinajstić information content (AvgIpc) is 2.45. The van der Waals surface area contributed by atoms with E-state index in [2.05, 4.69) is 21.2 Å². The van der Waals surface area contributed by atoms with E-state index in [0.29, 0.717) is 23.5 Å². The number of carbonyl (C=O) groups excluding carboxylic acids is 1. The van der Waals surface area contributed by atoms with Gasteiger partial charge in [0.25, 0.3) is 0 Å². The van der Waals surface area contributed by atoms with Gasteiger partial charge in [0.15, 0.2) is 0 Å². The molecule has 0 amide bonds. The number of halogens is 1. The highest BCUT2D eigenvalue weighted by Crippen LogP contribution is 2.29. The van der Waals surface area contributed by atoms with Gasteiger partial charge in [-0.25, -0.2) is 4.79 Å². The Bertz CT molecular complexity index is 671. The molecule has 2 aromatic rings. The maximum atomic E-state index is 12.0. The maximum Gasteiger partial charge on any atom is 0.340 e. The van der Waals surface area contributed by atoms with E-state index in [9.17, 15) is 4.79 Å². The van der Waals surface area contributed by atoms with Gasteiger partial charge in [0.2, 0.25) is 0 Å². The fourth-order valence-electron chi connectivity index (χ4n) is 1.96. The second kappa shape index (κ2) is 6.63. The monoisotopic (exact) mass is 348 g/mol. The summed E-state index contributed by atoms with van der Waals surface area (Å²) >= 11 is 3.46. The number of para-hydroxylation sites is 1. The van der Waals surface area contributed by atoms with Crippen molar-refractivity contribution in [1.82, 2.24) is 0 Å². The highest BCUT2D eigenvalue weighted by Gasteiger charge is 2.15. The largest absolute Gasteiger partial charge is 0.462 e. The highest BCUT2D eigenvalue weighted by atomic mass is 79.9. The van der Waals surface area contributed by atoms with Gasteiger partial charge in [-0.1, -0.05) is 22.0 Å². The van der Waals surface area contributed by atoms with Crippen LogP contribution in [0.1, 0.15) is 22.8 Å². The second-order valence-electron chi connectivity index (χ2n) is 4.58. The van der Waals surface area contributed by atoms with Crippen LogP contribution >= 0.6 is 15.9 Å². The van der Waals surface area contributed by atoms with Gasteiger partial charge in [-0.2, -0.15) is 0 Å². The molecule has 0 fully saturated rings. The lowest BCUT2D eigenvalue weighted by Crippen LogP contribution is -2.09. The Balaban J connectivity index is 2.38. The Morgan fingerprint density at radius 3 is 2.76 bits per heavy atom. The molecule has 0 aliphatic rings. The number of aryl methyl sites for hydroxylation is 1. The first-order chi connectivity index (χ1) is 10.0. The molecule has 0 saturated carbocycles. The summed E-state index contributed by atoms with van der Waals surface area (Å²) in [7, 11) is 0. The van der Waals surface area contributed by atoms with Crippen molar-refractivity contribution >= 4 is 39.0 Å². The van der Waals surface area contributed by atoms with Crippen LogP contribution in [-0.2, 0) is 4.74 Å². The van der Waals surface area contributed by atoms with Gasteiger partial charge in [0.1, 0.15) is 0 Å². The fourth-order valence-corrected chi connectivity index (χ4v) is 2.20. The van der Waals surface area contributed by atoms with Crippen molar-refractivity contribution < 1.29 is 9.53 Å². The van der Waals surface area contributed by atoms with Crippen LogP contribution in [0.25, 0.3) is 0 Å². The molecular weight excluding hydrogens is 332 g/mol. The number of anilines is 3. The molecule has 4 nitrogen and oxygen atoms in total. The minimum absolute atomic E-state index is 0.324. The second-order valence-corrected chi connectivity index (χ2v) is 5.43. The topological polar surface area (TPSA) is 64.3 Å². The minimum atomic E-state index is -0.388. The molecule has 21 heavy (non-hydrogen) atoms. The van der Waals surface area contributed by atoms with Crippen LogP contribution in [0.5, 0.6) is 0 Å². The summed E-state index contributed by atoms with van der Waals surface area (Å²) in [5.41, 5.74) is 9.44. The molecule has 0 bridgehead atoms. The Hall–Kier alpha value is -2.01. The zero-order chi connectivity index (χ0) is 15.4. The number of rotatable bonds is 4. The summed E-state index contributed by atoms with van der Waals surface area (Å²) in [6.45, 7) is 4.09. The number of esters is 1. The summed E-state index contributed by atoms with van der Waals surface area (Å²) < 4.78 is 6.09. The number of benzene rings is 2. The Morgan fingerprint density at radius 1 is 1.33 bits per heavy atom. The van der Waals surface area contributed by atoms with Gasteiger partial charge in [-0.15, -0.1) is 0 Å². The molecule has 0 aromatic heterocycles. The summed E-state index contributed by atoms with van der Waals surface area (Å²) in [6, 6.07) is 11.0.